The number of aryl methyl sites for hydroxylation is 1. The van der Waals surface area contributed by atoms with Gasteiger partial charge in [0.25, 0.3) is 0 Å². The monoisotopic (exact) mass is 427 g/mol. The summed E-state index contributed by atoms with van der Waals surface area (Å²) in [6.07, 6.45) is 0. The number of esters is 1. The zero-order valence-corrected chi connectivity index (χ0v) is 18.3. The van der Waals surface area contributed by atoms with Gasteiger partial charge in [0.15, 0.2) is 11.2 Å². The van der Waals surface area contributed by atoms with Crippen molar-refractivity contribution in [1.29, 1.82) is 5.26 Å². The van der Waals surface area contributed by atoms with Crippen LogP contribution in [0.5, 0.6) is 5.75 Å². The number of aromatic hydroxyl groups is 1. The van der Waals surface area contributed by atoms with E-state index >= 15 is 0 Å². The highest BCUT2D eigenvalue weighted by molar-refractivity contribution is 6.14. The number of benzene rings is 3. The van der Waals surface area contributed by atoms with E-state index in [9.17, 15) is 20.0 Å². The van der Waals surface area contributed by atoms with Crippen LogP contribution in [0.25, 0.3) is 0 Å². The number of hydrogen-bond acceptors (Lipinski definition) is 5. The van der Waals surface area contributed by atoms with E-state index in [2.05, 4.69) is 6.07 Å². The van der Waals surface area contributed by atoms with Gasteiger partial charge in [0.2, 0.25) is 0 Å². The Balaban J connectivity index is 2.42. The summed E-state index contributed by atoms with van der Waals surface area (Å²) < 4.78 is 5.39. The van der Waals surface area contributed by atoms with Crippen LogP contribution in [-0.4, -0.2) is 23.5 Å². The number of carbonyl (C=O) groups excluding carboxylic acids is 2. The number of ketones is 1. The average Bonchev–Trinajstić information content (AvgIpc) is 2.82. The normalized spacial score (nSPS) is 14.4. The van der Waals surface area contributed by atoms with Crippen molar-refractivity contribution in [2.45, 2.75) is 26.2 Å². The molecular formula is C27H25NO4. The van der Waals surface area contributed by atoms with Crippen molar-refractivity contribution >= 4 is 11.8 Å². The number of phenolic OH excluding ortho intramolecular Hbond substituents is 1. The molecule has 162 valence electrons. The Morgan fingerprint density at radius 1 is 0.938 bits per heavy atom. The largest absolute Gasteiger partial charge is 0.508 e. The molecule has 0 spiro atoms. The highest BCUT2D eigenvalue weighted by atomic mass is 16.5. The second-order valence-electron chi connectivity index (χ2n) is 7.82. The number of hydrogen-bond donors (Lipinski definition) is 1. The highest BCUT2D eigenvalue weighted by Gasteiger charge is 2.62. The molecular weight excluding hydrogens is 402 g/mol. The zero-order chi connectivity index (χ0) is 23.4. The van der Waals surface area contributed by atoms with E-state index in [0.29, 0.717) is 16.7 Å². The van der Waals surface area contributed by atoms with Gasteiger partial charge in [0, 0.05) is 5.56 Å². The Kier molecular flexibility index (Phi) is 6.45. The molecule has 0 heterocycles. The van der Waals surface area contributed by atoms with Crippen molar-refractivity contribution in [1.82, 2.24) is 0 Å². The summed E-state index contributed by atoms with van der Waals surface area (Å²) >= 11 is 0. The molecule has 3 aromatic rings. The van der Waals surface area contributed by atoms with Crippen LogP contribution in [-0.2, 0) is 14.9 Å². The predicted molar refractivity (Wildman–Crippen MR) is 121 cm³/mol. The van der Waals surface area contributed by atoms with Gasteiger partial charge < -0.3 is 9.84 Å². The minimum Gasteiger partial charge on any atom is -0.508 e. The smallest absolute Gasteiger partial charge is 0.322 e. The third kappa shape index (κ3) is 3.65. The lowest BCUT2D eigenvalue weighted by Crippen LogP contribution is -2.55. The first-order valence-electron chi connectivity index (χ1n) is 10.4. The molecule has 3 aromatic carbocycles. The quantitative estimate of drug-likeness (QED) is 0.327. The molecule has 0 aromatic heterocycles. The number of Topliss-reactive ketones (excluding diaryl/α,β-unsaturated/α-hetero) is 1. The number of phenols is 1. The molecule has 0 saturated heterocycles. The molecule has 2 unspecified atom stereocenters. The lowest BCUT2D eigenvalue weighted by molar-refractivity contribution is -0.153. The minimum atomic E-state index is -1.91. The Bertz CT molecular complexity index is 1100. The zero-order valence-electron chi connectivity index (χ0n) is 18.3. The molecule has 0 radical (unpaired) electrons. The molecule has 5 nitrogen and oxygen atoms in total. The van der Waals surface area contributed by atoms with E-state index in [1.54, 1.807) is 61.5 Å². The SMILES string of the molecule is CCOC(=O)C(C)(C(=O)c1ccccc1)C(C#N)(c1ccc(C)cc1)c1ccc(O)cc1. The summed E-state index contributed by atoms with van der Waals surface area (Å²) in [7, 11) is 0. The standard InChI is InChI=1S/C27H25NO4/c1-4-32-25(31)26(3,24(30)20-8-6-5-7-9-20)27(18-28,21-12-10-19(2)11-13-21)22-14-16-23(29)17-15-22/h5-17,29H,4H2,1-3H3. The summed E-state index contributed by atoms with van der Waals surface area (Å²) in [6.45, 7) is 5.10. The molecule has 0 bridgehead atoms. The first-order valence-corrected chi connectivity index (χ1v) is 10.4. The fraction of sp³-hybridized carbons (Fsp3) is 0.222. The highest BCUT2D eigenvalue weighted by Crippen LogP contribution is 2.50. The summed E-state index contributed by atoms with van der Waals surface area (Å²) in [5.74, 6) is -1.30. The van der Waals surface area contributed by atoms with Gasteiger partial charge in [-0.3, -0.25) is 9.59 Å². The third-order valence-electron chi connectivity index (χ3n) is 5.88. The molecule has 0 aliphatic carbocycles. The molecule has 0 amide bonds. The molecule has 32 heavy (non-hydrogen) atoms. The summed E-state index contributed by atoms with van der Waals surface area (Å²) in [4.78, 5) is 27.5. The summed E-state index contributed by atoms with van der Waals surface area (Å²) in [5.41, 5.74) is -1.47. The number of rotatable bonds is 7. The number of nitriles is 1. The maximum Gasteiger partial charge on any atom is 0.322 e. The Labute approximate surface area is 187 Å². The van der Waals surface area contributed by atoms with Crippen LogP contribution < -0.4 is 0 Å². The maximum absolute atomic E-state index is 14.0. The van der Waals surface area contributed by atoms with Crippen molar-refractivity contribution in [2.24, 2.45) is 5.41 Å². The molecule has 1 N–H and O–H groups in total. The Morgan fingerprint density at radius 2 is 1.47 bits per heavy atom. The minimum absolute atomic E-state index is 0.0109. The van der Waals surface area contributed by atoms with E-state index in [4.69, 9.17) is 4.74 Å². The first kappa shape index (κ1) is 22.8. The molecule has 0 saturated carbocycles. The molecule has 2 atom stereocenters. The topological polar surface area (TPSA) is 87.4 Å². The molecule has 0 aliphatic rings. The lowest BCUT2D eigenvalue weighted by atomic mass is 9.55. The van der Waals surface area contributed by atoms with Gasteiger partial charge in [-0.25, -0.2) is 0 Å². The molecule has 3 rings (SSSR count). The predicted octanol–water partition coefficient (Wildman–Crippen LogP) is 4.96. The lowest BCUT2D eigenvalue weighted by Gasteiger charge is -2.41. The molecule has 0 aliphatic heterocycles. The van der Waals surface area contributed by atoms with E-state index in [1.807, 2.05) is 19.1 Å². The van der Waals surface area contributed by atoms with Gasteiger partial charge in [-0.15, -0.1) is 0 Å². The van der Waals surface area contributed by atoms with Crippen LogP contribution in [0.4, 0.5) is 0 Å². The van der Waals surface area contributed by atoms with E-state index < -0.39 is 22.6 Å². The summed E-state index contributed by atoms with van der Waals surface area (Å²) in [6, 6.07) is 23.9. The first-order chi connectivity index (χ1) is 15.3. The maximum atomic E-state index is 14.0. The van der Waals surface area contributed by atoms with Crippen LogP contribution in [0.2, 0.25) is 0 Å². The van der Waals surface area contributed by atoms with Gasteiger partial charge in [0.05, 0.1) is 12.7 Å². The van der Waals surface area contributed by atoms with Crippen LogP contribution in [0.15, 0.2) is 78.9 Å². The van der Waals surface area contributed by atoms with Gasteiger partial charge in [-0.05, 0) is 44.0 Å². The molecule has 0 fully saturated rings. The van der Waals surface area contributed by atoms with Crippen molar-refractivity contribution < 1.29 is 19.4 Å². The number of carbonyl (C=O) groups is 2. The Hall–Kier alpha value is -3.91. The van der Waals surface area contributed by atoms with Crippen LogP contribution >= 0.6 is 0 Å². The van der Waals surface area contributed by atoms with Gasteiger partial charge in [0.1, 0.15) is 11.2 Å². The average molecular weight is 428 g/mol. The van der Waals surface area contributed by atoms with Gasteiger partial charge in [-0.1, -0.05) is 72.3 Å². The van der Waals surface area contributed by atoms with Gasteiger partial charge >= 0.3 is 5.97 Å². The Morgan fingerprint density at radius 3 is 1.97 bits per heavy atom. The second-order valence-corrected chi connectivity index (χ2v) is 7.82. The van der Waals surface area contributed by atoms with E-state index in [-0.39, 0.29) is 12.4 Å². The third-order valence-corrected chi connectivity index (χ3v) is 5.88. The fourth-order valence-electron chi connectivity index (χ4n) is 4.07. The summed E-state index contributed by atoms with van der Waals surface area (Å²) in [5, 5.41) is 20.5. The van der Waals surface area contributed by atoms with Crippen molar-refractivity contribution in [2.75, 3.05) is 6.61 Å². The van der Waals surface area contributed by atoms with Crippen LogP contribution in [0.1, 0.15) is 40.9 Å². The number of nitrogens with zero attached hydrogens (tertiary/aromatic N) is 1. The van der Waals surface area contributed by atoms with Crippen molar-refractivity contribution in [3.05, 3.63) is 101 Å². The van der Waals surface area contributed by atoms with Crippen molar-refractivity contribution in [3.8, 4) is 11.8 Å². The number of ether oxygens (including phenoxy) is 1. The van der Waals surface area contributed by atoms with Crippen LogP contribution in [0.3, 0.4) is 0 Å². The second kappa shape index (κ2) is 9.07. The van der Waals surface area contributed by atoms with E-state index in [0.717, 1.165) is 5.56 Å². The van der Waals surface area contributed by atoms with Gasteiger partial charge in [-0.2, -0.15) is 5.26 Å². The van der Waals surface area contributed by atoms with E-state index in [1.165, 1.54) is 19.1 Å². The molecule has 5 heteroatoms. The van der Waals surface area contributed by atoms with Crippen molar-refractivity contribution in [3.63, 3.8) is 0 Å². The fourth-order valence-corrected chi connectivity index (χ4v) is 4.07. The van der Waals surface area contributed by atoms with Crippen LogP contribution in [0, 0.1) is 23.7 Å².